The van der Waals surface area contributed by atoms with Gasteiger partial charge in [0.25, 0.3) is 0 Å². The van der Waals surface area contributed by atoms with Crippen molar-refractivity contribution in [3.63, 3.8) is 0 Å². The van der Waals surface area contributed by atoms with Gasteiger partial charge in [-0.25, -0.2) is 9.97 Å². The second-order valence-corrected chi connectivity index (χ2v) is 9.41. The van der Waals surface area contributed by atoms with E-state index in [1.165, 1.54) is 0 Å². The average molecular weight is 505 g/mol. The highest BCUT2D eigenvalue weighted by molar-refractivity contribution is 8.14. The van der Waals surface area contributed by atoms with Gasteiger partial charge >= 0.3 is 0 Å². The summed E-state index contributed by atoms with van der Waals surface area (Å²) in [4.78, 5) is 19.7. The van der Waals surface area contributed by atoms with Crippen LogP contribution in [-0.4, -0.2) is 54.7 Å². The number of rotatable bonds is 4. The number of nitrogens with zero attached hydrogens (tertiary/aromatic N) is 8. The Hall–Kier alpha value is -2.50. The molecule has 0 N–H and O–H groups in total. The van der Waals surface area contributed by atoms with Crippen molar-refractivity contribution >= 4 is 57.1 Å². The van der Waals surface area contributed by atoms with Crippen molar-refractivity contribution < 1.29 is 0 Å². The van der Waals surface area contributed by atoms with Crippen LogP contribution in [0.2, 0.25) is 10.3 Å². The van der Waals surface area contributed by atoms with Gasteiger partial charge in [0.15, 0.2) is 10.3 Å². The fraction of sp³-hybridized carbons (Fsp3) is 0.300. The molecule has 0 atom stereocenters. The summed E-state index contributed by atoms with van der Waals surface area (Å²) >= 11 is 14.6. The number of amidine groups is 2. The van der Waals surface area contributed by atoms with Crippen LogP contribution in [0.3, 0.4) is 0 Å². The summed E-state index contributed by atoms with van der Waals surface area (Å²) in [5, 5.41) is 19.6. The van der Waals surface area contributed by atoms with Crippen LogP contribution in [0.1, 0.15) is 11.1 Å². The minimum atomic E-state index is 0.491. The lowest BCUT2D eigenvalue weighted by Crippen LogP contribution is -2.23. The summed E-state index contributed by atoms with van der Waals surface area (Å²) in [6, 6.07) is 7.40. The number of aliphatic imine (C=N–C) groups is 2. The van der Waals surface area contributed by atoms with Crippen LogP contribution in [0.25, 0.3) is 0 Å². The van der Waals surface area contributed by atoms with Crippen LogP contribution >= 0.6 is 46.7 Å². The highest BCUT2D eigenvalue weighted by atomic mass is 35.5. The highest BCUT2D eigenvalue weighted by Gasteiger charge is 2.20. The van der Waals surface area contributed by atoms with E-state index in [1.54, 1.807) is 48.1 Å². The van der Waals surface area contributed by atoms with Gasteiger partial charge in [-0.1, -0.05) is 58.9 Å². The molecule has 2 aliphatic rings. The van der Waals surface area contributed by atoms with Gasteiger partial charge in [-0.3, -0.25) is 0 Å². The summed E-state index contributed by atoms with van der Waals surface area (Å²) in [5.74, 6) is 1.95. The molecule has 0 saturated carbocycles. The lowest BCUT2D eigenvalue weighted by molar-refractivity contribution is 0.456. The van der Waals surface area contributed by atoms with Gasteiger partial charge in [0, 0.05) is 50.1 Å². The molecule has 4 rings (SSSR count). The number of hydrogen-bond acceptors (Lipinski definition) is 8. The Balaban J connectivity index is 0.000000181. The van der Waals surface area contributed by atoms with Crippen LogP contribution in [-0.2, 0) is 13.1 Å². The molecule has 2 saturated heterocycles. The molecule has 32 heavy (non-hydrogen) atoms. The van der Waals surface area contributed by atoms with E-state index in [1.807, 2.05) is 24.5 Å². The third-order valence-electron chi connectivity index (χ3n) is 4.34. The lowest BCUT2D eigenvalue weighted by Gasteiger charge is -2.16. The molecule has 0 bridgehead atoms. The first-order valence-corrected chi connectivity index (χ1v) is 12.2. The summed E-state index contributed by atoms with van der Waals surface area (Å²) < 4.78 is 0. The van der Waals surface area contributed by atoms with Gasteiger partial charge in [-0.15, -0.1) is 9.98 Å². The molecular weight excluding hydrogens is 487 g/mol. The molecule has 2 fully saturated rings. The average Bonchev–Trinajstić information content (AvgIpc) is 3.42. The largest absolute Gasteiger partial charge is 0.345 e. The minimum absolute atomic E-state index is 0.491. The number of nitriles is 2. The summed E-state index contributed by atoms with van der Waals surface area (Å²) in [5.41, 5.74) is 2.13. The Kier molecular flexibility index (Phi) is 9.44. The predicted molar refractivity (Wildman–Crippen MR) is 130 cm³/mol. The maximum absolute atomic E-state index is 8.54. The Morgan fingerprint density at radius 2 is 1.25 bits per heavy atom. The van der Waals surface area contributed by atoms with Crippen LogP contribution < -0.4 is 0 Å². The fourth-order valence-corrected chi connectivity index (χ4v) is 4.99. The van der Waals surface area contributed by atoms with Crippen molar-refractivity contribution in [3.8, 4) is 12.4 Å². The first-order chi connectivity index (χ1) is 15.6. The molecule has 0 spiro atoms. The summed E-state index contributed by atoms with van der Waals surface area (Å²) in [6.45, 7) is 3.26. The lowest BCUT2D eigenvalue weighted by atomic mass is 10.3. The van der Waals surface area contributed by atoms with Gasteiger partial charge in [-0.05, 0) is 23.3 Å². The molecule has 8 nitrogen and oxygen atoms in total. The van der Waals surface area contributed by atoms with Crippen LogP contribution in [0, 0.1) is 22.9 Å². The van der Waals surface area contributed by atoms with Crippen molar-refractivity contribution in [1.82, 2.24) is 19.8 Å². The first kappa shape index (κ1) is 24.1. The van der Waals surface area contributed by atoms with Crippen LogP contribution in [0.5, 0.6) is 0 Å². The highest BCUT2D eigenvalue weighted by Crippen LogP contribution is 2.21. The minimum Gasteiger partial charge on any atom is -0.345 e. The Labute approximate surface area is 205 Å². The number of halogens is 2. The SMILES string of the molecule is N#CN=C1SCCN1Cc1ccc(Cl)nc1.N#CN=C1SCCN1Cc1ccc(Cl)nc1. The smallest absolute Gasteiger partial charge is 0.208 e. The van der Waals surface area contributed by atoms with E-state index in [9.17, 15) is 0 Å². The normalized spacial score (nSPS) is 17.8. The van der Waals surface area contributed by atoms with Crippen molar-refractivity contribution in [3.05, 3.63) is 58.1 Å². The molecule has 2 aromatic heterocycles. The van der Waals surface area contributed by atoms with Gasteiger partial charge in [-0.2, -0.15) is 10.5 Å². The molecular formula is C20H18Cl2N8S2. The van der Waals surface area contributed by atoms with E-state index in [2.05, 4.69) is 29.8 Å². The predicted octanol–water partition coefficient (Wildman–Crippen LogP) is 4.24. The van der Waals surface area contributed by atoms with E-state index >= 15 is 0 Å². The number of aromatic nitrogens is 2. The van der Waals surface area contributed by atoms with Gasteiger partial charge in [0.2, 0.25) is 12.4 Å². The molecule has 12 heteroatoms. The third kappa shape index (κ3) is 7.28. The zero-order valence-corrected chi connectivity index (χ0v) is 20.0. The standard InChI is InChI=1S/2C10H9ClN4S/c2*11-9-2-1-8(5-13-9)6-15-3-4-16-10(15)14-7-12/h2*1-2,5H,3-4,6H2. The van der Waals surface area contributed by atoms with Gasteiger partial charge in [0.1, 0.15) is 10.3 Å². The molecule has 4 heterocycles. The van der Waals surface area contributed by atoms with Crippen LogP contribution in [0.15, 0.2) is 46.6 Å². The third-order valence-corrected chi connectivity index (χ3v) is 6.78. The quantitative estimate of drug-likeness (QED) is 0.449. The number of hydrogen-bond donors (Lipinski definition) is 0. The monoisotopic (exact) mass is 504 g/mol. The molecule has 2 aliphatic heterocycles. The molecule has 0 radical (unpaired) electrons. The molecule has 2 aromatic rings. The topological polar surface area (TPSA) is 105 Å². The van der Waals surface area contributed by atoms with Crippen molar-refractivity contribution in [2.75, 3.05) is 24.6 Å². The Morgan fingerprint density at radius 1 is 0.812 bits per heavy atom. The van der Waals surface area contributed by atoms with Gasteiger partial charge < -0.3 is 9.80 Å². The van der Waals surface area contributed by atoms with Crippen molar-refractivity contribution in [2.24, 2.45) is 9.98 Å². The Morgan fingerprint density at radius 3 is 1.59 bits per heavy atom. The molecule has 0 aliphatic carbocycles. The molecule has 0 aromatic carbocycles. The first-order valence-electron chi connectivity index (χ1n) is 9.49. The fourth-order valence-electron chi connectivity index (χ4n) is 2.89. The summed E-state index contributed by atoms with van der Waals surface area (Å²) in [6.07, 6.45) is 7.14. The molecule has 0 amide bonds. The summed E-state index contributed by atoms with van der Waals surface area (Å²) in [7, 11) is 0. The van der Waals surface area contributed by atoms with Crippen molar-refractivity contribution in [2.45, 2.75) is 13.1 Å². The second kappa shape index (κ2) is 12.5. The van der Waals surface area contributed by atoms with Gasteiger partial charge in [0.05, 0.1) is 0 Å². The maximum atomic E-state index is 8.54. The molecule has 164 valence electrons. The zero-order valence-electron chi connectivity index (χ0n) is 16.9. The van der Waals surface area contributed by atoms with E-state index in [-0.39, 0.29) is 0 Å². The van der Waals surface area contributed by atoms with E-state index in [0.717, 1.165) is 59.1 Å². The van der Waals surface area contributed by atoms with E-state index < -0.39 is 0 Å². The van der Waals surface area contributed by atoms with Crippen LogP contribution in [0.4, 0.5) is 0 Å². The second-order valence-electron chi connectivity index (χ2n) is 6.51. The zero-order chi connectivity index (χ0) is 22.8. The van der Waals surface area contributed by atoms with E-state index in [4.69, 9.17) is 33.7 Å². The number of pyridine rings is 2. The van der Waals surface area contributed by atoms with E-state index in [0.29, 0.717) is 10.3 Å². The Bertz CT molecular complexity index is 960. The maximum Gasteiger partial charge on any atom is 0.208 e. The molecule has 0 unspecified atom stereocenters. The number of thioether (sulfide) groups is 2. The van der Waals surface area contributed by atoms with Crippen molar-refractivity contribution in [1.29, 1.82) is 10.5 Å².